The molecule has 3 heterocycles. The molecule has 2 saturated carbocycles. The van der Waals surface area contributed by atoms with Crippen molar-refractivity contribution in [2.45, 2.75) is 167 Å². The maximum absolute atomic E-state index is 12.1. The van der Waals surface area contributed by atoms with Crippen LogP contribution in [0, 0.1) is 11.8 Å². The second-order valence-corrected chi connectivity index (χ2v) is 16.0. The molecule has 20 atom stereocenters. The Hall–Kier alpha value is -2.80. The molecule has 0 aromatic heterocycles. The largest absolute Gasteiger partial charge is 0.481 e. The lowest BCUT2D eigenvalue weighted by atomic mass is 9.72. The van der Waals surface area contributed by atoms with Crippen LogP contribution >= 0.6 is 0 Å². The first kappa shape index (κ1) is 48.2. The second-order valence-electron chi connectivity index (χ2n) is 16.0. The average Bonchev–Trinajstić information content (AvgIpc) is 3.18. The highest BCUT2D eigenvalue weighted by Gasteiger charge is 2.57. The fourth-order valence-corrected chi connectivity index (χ4v) is 8.36. The number of carbonyl (C=O) groups is 4. The average molecular weight is 876 g/mol. The Labute approximate surface area is 340 Å². The number of carboxylic acids is 2. The van der Waals surface area contributed by atoms with Gasteiger partial charge in [0.05, 0.1) is 43.2 Å². The molecule has 3 aliphatic heterocycles. The van der Waals surface area contributed by atoms with E-state index in [1.54, 1.807) is 0 Å². The number of carbonyl (C=O) groups excluding carboxylic acids is 2. The van der Waals surface area contributed by atoms with Gasteiger partial charge in [0.1, 0.15) is 74.3 Å². The number of rotatable bonds is 15. The highest BCUT2D eigenvalue weighted by Crippen LogP contribution is 2.44. The summed E-state index contributed by atoms with van der Waals surface area (Å²) in [6.45, 7) is -1.62. The Bertz CT molecular complexity index is 1460. The summed E-state index contributed by atoms with van der Waals surface area (Å²) in [5.41, 5.74) is 0. The summed E-state index contributed by atoms with van der Waals surface area (Å²) in [7, 11) is 0. The molecule has 3 saturated heterocycles. The molecular weight excluding hydrogens is 820 g/mol. The van der Waals surface area contributed by atoms with Crippen molar-refractivity contribution in [1.29, 1.82) is 0 Å². The number of aliphatic hydroxyl groups is 14. The van der Waals surface area contributed by atoms with Crippen LogP contribution in [0.4, 0.5) is 0 Å². The van der Waals surface area contributed by atoms with Crippen molar-refractivity contribution in [1.82, 2.24) is 0 Å². The van der Waals surface area contributed by atoms with Gasteiger partial charge in [-0.3, -0.25) is 9.59 Å². The van der Waals surface area contributed by atoms with Crippen molar-refractivity contribution < 1.29 is 124 Å². The minimum atomic E-state index is -2.09. The maximum atomic E-state index is 12.1. The van der Waals surface area contributed by atoms with Gasteiger partial charge in [0.25, 0.3) is 0 Å². The summed E-state index contributed by atoms with van der Waals surface area (Å²) >= 11 is 0. The lowest BCUT2D eigenvalue weighted by molar-refractivity contribution is -0.368. The molecule has 15 N–H and O–H groups in total. The Kier molecular flexibility index (Phi) is 16.6. The molecule has 0 radical (unpaired) electrons. The fraction of sp³-hybridized carbons (Fsp3) is 0.886. The van der Waals surface area contributed by atoms with Crippen LogP contribution in [0.2, 0.25) is 0 Å². The highest BCUT2D eigenvalue weighted by molar-refractivity contribution is 5.81. The first-order valence-electron chi connectivity index (χ1n) is 19.4. The van der Waals surface area contributed by atoms with E-state index < -0.39 is 184 Å². The van der Waals surface area contributed by atoms with Crippen LogP contribution in [0.3, 0.4) is 0 Å². The molecule has 5 fully saturated rings. The minimum absolute atomic E-state index is 0.0539. The van der Waals surface area contributed by atoms with Crippen molar-refractivity contribution in [2.24, 2.45) is 11.8 Å². The molecule has 5 aliphatic rings. The Morgan fingerprint density at radius 1 is 0.600 bits per heavy atom. The summed E-state index contributed by atoms with van der Waals surface area (Å²) < 4.78 is 38.5. The van der Waals surface area contributed by atoms with Crippen molar-refractivity contribution >= 4 is 23.9 Å². The van der Waals surface area contributed by atoms with Crippen LogP contribution in [-0.2, 0) is 47.6 Å². The monoisotopic (exact) mass is 875 g/mol. The van der Waals surface area contributed by atoms with Gasteiger partial charge >= 0.3 is 23.9 Å². The zero-order chi connectivity index (χ0) is 44.3. The Morgan fingerprint density at radius 2 is 1.13 bits per heavy atom. The van der Waals surface area contributed by atoms with Gasteiger partial charge in [-0.05, 0) is 19.3 Å². The van der Waals surface area contributed by atoms with E-state index in [0.29, 0.717) is 0 Å². The molecule has 0 amide bonds. The Morgan fingerprint density at radius 3 is 1.67 bits per heavy atom. The molecule has 344 valence electrons. The third-order valence-corrected chi connectivity index (χ3v) is 11.6. The van der Waals surface area contributed by atoms with Gasteiger partial charge in [-0.25, -0.2) is 9.59 Å². The number of carboxylic acid groups (broad SMARTS) is 2. The highest BCUT2D eigenvalue weighted by atomic mass is 16.7. The lowest BCUT2D eigenvalue weighted by Crippen LogP contribution is -2.64. The summed E-state index contributed by atoms with van der Waals surface area (Å²) in [6, 6.07) is 0. The normalized spacial score (nSPS) is 44.5. The van der Waals surface area contributed by atoms with E-state index in [-0.39, 0.29) is 32.1 Å². The lowest BCUT2D eigenvalue weighted by Gasteiger charge is -2.50. The molecule has 5 rings (SSSR count). The van der Waals surface area contributed by atoms with Crippen molar-refractivity contribution in [2.75, 3.05) is 13.2 Å². The number of ether oxygens (including phenoxy) is 7. The predicted octanol–water partition coefficient (Wildman–Crippen LogP) is -7.94. The predicted molar refractivity (Wildman–Crippen MR) is 185 cm³/mol. The molecule has 25 nitrogen and oxygen atoms in total. The van der Waals surface area contributed by atoms with Crippen LogP contribution in [0.5, 0.6) is 0 Å². The van der Waals surface area contributed by atoms with Crippen molar-refractivity contribution in [3.8, 4) is 0 Å². The minimum Gasteiger partial charge on any atom is -0.481 e. The zero-order valence-electron chi connectivity index (χ0n) is 31.9. The molecule has 0 aromatic carbocycles. The number of fused-ring (bicyclic) bond motifs is 1. The molecule has 25 heteroatoms. The molecule has 2 aliphatic carbocycles. The quantitative estimate of drug-likeness (QED) is 0.0537. The maximum Gasteiger partial charge on any atom is 0.335 e. The topological polar surface area (TPSA) is 420 Å². The molecule has 0 spiro atoms. The first-order chi connectivity index (χ1) is 28.2. The van der Waals surface area contributed by atoms with Gasteiger partial charge < -0.3 is 105 Å². The molecular formula is C35H55O25+. The third kappa shape index (κ3) is 11.4. The van der Waals surface area contributed by atoms with E-state index in [1.807, 2.05) is 0 Å². The fourth-order valence-electron chi connectivity index (χ4n) is 8.36. The second kappa shape index (κ2) is 20.6. The van der Waals surface area contributed by atoms with Gasteiger partial charge in [0.15, 0.2) is 37.0 Å². The van der Waals surface area contributed by atoms with Crippen LogP contribution in [-0.4, -0.2) is 236 Å². The number of hydrogen-bond acceptors (Lipinski definition) is 22. The molecule has 0 aromatic rings. The van der Waals surface area contributed by atoms with Gasteiger partial charge in [-0.15, -0.1) is 0 Å². The summed E-state index contributed by atoms with van der Waals surface area (Å²) in [5.74, 6) is -7.22. The van der Waals surface area contributed by atoms with E-state index >= 15 is 0 Å². The van der Waals surface area contributed by atoms with E-state index in [2.05, 4.69) is 0 Å². The molecule has 20 unspecified atom stereocenters. The van der Waals surface area contributed by atoms with Crippen LogP contribution in [0.25, 0.3) is 0 Å². The van der Waals surface area contributed by atoms with Crippen LogP contribution in [0.1, 0.15) is 44.9 Å². The van der Waals surface area contributed by atoms with Crippen molar-refractivity contribution in [3.63, 3.8) is 0 Å². The van der Waals surface area contributed by atoms with E-state index in [1.165, 1.54) is 0 Å². The van der Waals surface area contributed by atoms with Crippen LogP contribution in [0.15, 0.2) is 0 Å². The number of aliphatic hydroxyl groups excluding tert-OH is 12. The first-order valence-corrected chi connectivity index (χ1v) is 19.4. The summed E-state index contributed by atoms with van der Waals surface area (Å²) in [4.78, 5) is 46.0. The van der Waals surface area contributed by atoms with Gasteiger partial charge in [0.2, 0.25) is 0 Å². The third-order valence-electron chi connectivity index (χ3n) is 11.6. The number of aliphatic carboxylic acids is 2. The SMILES string of the molecule is O=C(O)CC(O)C(=O)OCC1OC(OC2CC(O)CC3[OH+]C(C4CC(O)C(O)C(O)C4)C(OC4OC(COC(=O)CC(O)C(=O)O)C(O)C(O)C4O)CC23)C(O)C(O)C1O. The number of esters is 2. The van der Waals surface area contributed by atoms with Gasteiger partial charge in [0, 0.05) is 18.8 Å². The standard InChI is InChI=1S/C35H54O25/c36-11-3-17-12(18(4-11)57-34-29(49)28(48)26(46)21(60-34)9-55-33(53)16(40)6-22(41)42)5-19(31(56-17)10-1-13(37)24(44)14(38)2-10)58-35-30(50)27(47)25(45)20(59-35)8-54-23(43)7-15(39)32(51)52/h10-21,24-31,34-40,44-50H,1-9H2,(H,41,42)(H,51,52)/p+1. The summed E-state index contributed by atoms with van der Waals surface area (Å²) in [5, 5.41) is 144. The van der Waals surface area contributed by atoms with Crippen LogP contribution < -0.4 is 0 Å². The Balaban J connectivity index is 1.35. The smallest absolute Gasteiger partial charge is 0.335 e. The van der Waals surface area contributed by atoms with E-state index in [0.717, 1.165) is 0 Å². The summed E-state index contributed by atoms with van der Waals surface area (Å²) in [6.07, 6.45) is -33.9. The zero-order valence-corrected chi connectivity index (χ0v) is 31.9. The van der Waals surface area contributed by atoms with Gasteiger partial charge in [-0.2, -0.15) is 0 Å². The van der Waals surface area contributed by atoms with E-state index in [9.17, 15) is 80.5 Å². The van der Waals surface area contributed by atoms with E-state index in [4.69, 9.17) is 43.4 Å². The number of hydrogen-bond donors (Lipinski definition) is 14. The van der Waals surface area contributed by atoms with Crippen molar-refractivity contribution in [3.05, 3.63) is 0 Å². The molecule has 0 bridgehead atoms. The molecule has 60 heavy (non-hydrogen) atoms. The van der Waals surface area contributed by atoms with Gasteiger partial charge in [-0.1, -0.05) is 0 Å².